The van der Waals surface area contributed by atoms with Crippen LogP contribution in [0.1, 0.15) is 30.3 Å². The summed E-state index contributed by atoms with van der Waals surface area (Å²) in [5.74, 6) is 0.635. The molecule has 2 aromatic rings. The van der Waals surface area contributed by atoms with E-state index in [0.717, 1.165) is 37.3 Å². The maximum absolute atomic E-state index is 4.54. The van der Waals surface area contributed by atoms with Crippen molar-refractivity contribution in [3.63, 3.8) is 0 Å². The van der Waals surface area contributed by atoms with Crippen LogP contribution >= 0.6 is 0 Å². The molecule has 5 nitrogen and oxygen atoms in total. The third-order valence-electron chi connectivity index (χ3n) is 3.16. The van der Waals surface area contributed by atoms with Crippen molar-refractivity contribution in [3.05, 3.63) is 35.4 Å². The molecule has 0 aliphatic carbocycles. The normalized spacial score (nSPS) is 10.9. The molecule has 2 heterocycles. The van der Waals surface area contributed by atoms with E-state index in [9.17, 15) is 0 Å². The molecule has 0 aliphatic rings. The molecule has 0 fully saturated rings. The van der Waals surface area contributed by atoms with E-state index in [1.54, 1.807) is 12.4 Å². The van der Waals surface area contributed by atoms with Gasteiger partial charge in [0.15, 0.2) is 0 Å². The minimum Gasteiger partial charge on any atom is -0.316 e. The quantitative estimate of drug-likeness (QED) is 0.804. The molecule has 0 unspecified atom stereocenters. The molecule has 0 saturated heterocycles. The molecule has 2 rings (SSSR count). The van der Waals surface area contributed by atoms with Gasteiger partial charge in [0.25, 0.3) is 5.95 Å². The summed E-state index contributed by atoms with van der Waals surface area (Å²) in [7, 11) is 0. The summed E-state index contributed by atoms with van der Waals surface area (Å²) < 4.78 is 1.82. The van der Waals surface area contributed by atoms with Crippen LogP contribution in [0, 0.1) is 13.8 Å². The third kappa shape index (κ3) is 3.17. The Hall–Kier alpha value is -1.75. The van der Waals surface area contributed by atoms with Gasteiger partial charge in [0, 0.05) is 18.1 Å². The van der Waals surface area contributed by atoms with Crippen molar-refractivity contribution in [1.29, 1.82) is 0 Å². The lowest BCUT2D eigenvalue weighted by Crippen LogP contribution is -2.18. The maximum atomic E-state index is 4.54. The topological polar surface area (TPSA) is 55.6 Å². The van der Waals surface area contributed by atoms with Crippen molar-refractivity contribution >= 4 is 0 Å². The Morgan fingerprint density at radius 2 is 1.89 bits per heavy atom. The Bertz CT molecular complexity index is 518. The molecular formula is C14H21N5. The van der Waals surface area contributed by atoms with E-state index in [0.29, 0.717) is 5.95 Å². The molecular weight excluding hydrogens is 238 g/mol. The molecule has 2 aromatic heterocycles. The SMILES string of the molecule is CCCNCCc1c(C)nn(-c2ncccn2)c1C. The van der Waals surface area contributed by atoms with E-state index in [4.69, 9.17) is 0 Å². The molecule has 0 spiro atoms. The first-order chi connectivity index (χ1) is 9.24. The molecule has 0 aliphatic heterocycles. The highest BCUT2D eigenvalue weighted by molar-refractivity contribution is 5.29. The summed E-state index contributed by atoms with van der Waals surface area (Å²) in [6.45, 7) is 8.34. The maximum Gasteiger partial charge on any atom is 0.250 e. The molecule has 0 saturated carbocycles. The van der Waals surface area contributed by atoms with E-state index in [2.05, 4.69) is 34.2 Å². The number of nitrogens with one attached hydrogen (secondary N) is 1. The predicted molar refractivity (Wildman–Crippen MR) is 75.5 cm³/mol. The van der Waals surface area contributed by atoms with Crippen molar-refractivity contribution in [2.45, 2.75) is 33.6 Å². The van der Waals surface area contributed by atoms with Gasteiger partial charge in [-0.3, -0.25) is 0 Å². The number of aryl methyl sites for hydroxylation is 1. The molecule has 1 N–H and O–H groups in total. The Labute approximate surface area is 114 Å². The van der Waals surface area contributed by atoms with E-state index in [1.165, 1.54) is 5.56 Å². The van der Waals surface area contributed by atoms with Gasteiger partial charge in [-0.2, -0.15) is 5.10 Å². The zero-order chi connectivity index (χ0) is 13.7. The number of hydrogen-bond acceptors (Lipinski definition) is 4. The summed E-state index contributed by atoms with van der Waals surface area (Å²) in [6.07, 6.45) is 5.63. The third-order valence-corrected chi connectivity index (χ3v) is 3.16. The molecule has 0 aromatic carbocycles. The first-order valence-electron chi connectivity index (χ1n) is 6.77. The molecule has 19 heavy (non-hydrogen) atoms. The van der Waals surface area contributed by atoms with Gasteiger partial charge in [-0.15, -0.1) is 0 Å². The lowest BCUT2D eigenvalue weighted by atomic mass is 10.1. The summed E-state index contributed by atoms with van der Waals surface area (Å²) in [6, 6.07) is 1.81. The lowest BCUT2D eigenvalue weighted by Gasteiger charge is -2.04. The van der Waals surface area contributed by atoms with Gasteiger partial charge in [0.1, 0.15) is 0 Å². The number of rotatable bonds is 6. The van der Waals surface area contributed by atoms with Gasteiger partial charge in [0.05, 0.1) is 5.69 Å². The van der Waals surface area contributed by atoms with Crippen LogP contribution in [0.25, 0.3) is 5.95 Å². The number of nitrogens with zero attached hydrogens (tertiary/aromatic N) is 4. The molecule has 5 heteroatoms. The van der Waals surface area contributed by atoms with E-state index >= 15 is 0 Å². The zero-order valence-corrected chi connectivity index (χ0v) is 11.8. The van der Waals surface area contributed by atoms with Crippen LogP contribution < -0.4 is 5.32 Å². The smallest absolute Gasteiger partial charge is 0.250 e. The van der Waals surface area contributed by atoms with E-state index < -0.39 is 0 Å². The molecule has 0 bridgehead atoms. The van der Waals surface area contributed by atoms with Crippen molar-refractivity contribution in [1.82, 2.24) is 25.1 Å². The average Bonchev–Trinajstić information content (AvgIpc) is 2.72. The first kappa shape index (κ1) is 13.7. The Balaban J connectivity index is 2.16. The fourth-order valence-electron chi connectivity index (χ4n) is 2.15. The second-order valence-corrected chi connectivity index (χ2v) is 4.61. The molecule has 0 atom stereocenters. The van der Waals surface area contributed by atoms with Crippen molar-refractivity contribution in [2.75, 3.05) is 13.1 Å². The fourth-order valence-corrected chi connectivity index (χ4v) is 2.15. The highest BCUT2D eigenvalue weighted by atomic mass is 15.4. The van der Waals surface area contributed by atoms with Crippen LogP contribution in [0.2, 0.25) is 0 Å². The summed E-state index contributed by atoms with van der Waals surface area (Å²) >= 11 is 0. The summed E-state index contributed by atoms with van der Waals surface area (Å²) in [4.78, 5) is 8.50. The first-order valence-corrected chi connectivity index (χ1v) is 6.77. The largest absolute Gasteiger partial charge is 0.316 e. The van der Waals surface area contributed by atoms with E-state index in [-0.39, 0.29) is 0 Å². The Morgan fingerprint density at radius 3 is 2.58 bits per heavy atom. The highest BCUT2D eigenvalue weighted by Gasteiger charge is 2.13. The van der Waals surface area contributed by atoms with Crippen LogP contribution in [0.3, 0.4) is 0 Å². The van der Waals surface area contributed by atoms with Crippen molar-refractivity contribution in [3.8, 4) is 5.95 Å². The minimum absolute atomic E-state index is 0.635. The summed E-state index contributed by atoms with van der Waals surface area (Å²) in [5.41, 5.74) is 3.47. The Kier molecular flexibility index (Phi) is 4.63. The van der Waals surface area contributed by atoms with Gasteiger partial charge < -0.3 is 5.32 Å². The standard InChI is InChI=1S/C14H21N5/c1-4-7-15-10-6-13-11(2)18-19(12(13)3)14-16-8-5-9-17-14/h5,8-9,15H,4,6-7,10H2,1-3H3. The van der Waals surface area contributed by atoms with Gasteiger partial charge in [0.2, 0.25) is 0 Å². The van der Waals surface area contributed by atoms with Gasteiger partial charge >= 0.3 is 0 Å². The van der Waals surface area contributed by atoms with Crippen LogP contribution in [-0.4, -0.2) is 32.8 Å². The predicted octanol–water partition coefficient (Wildman–Crippen LogP) is 1.82. The second kappa shape index (κ2) is 6.43. The lowest BCUT2D eigenvalue weighted by molar-refractivity contribution is 0.669. The average molecular weight is 259 g/mol. The van der Waals surface area contributed by atoms with Crippen LogP contribution in [-0.2, 0) is 6.42 Å². The molecule has 102 valence electrons. The fraction of sp³-hybridized carbons (Fsp3) is 0.500. The van der Waals surface area contributed by atoms with Gasteiger partial charge in [-0.25, -0.2) is 14.6 Å². The second-order valence-electron chi connectivity index (χ2n) is 4.61. The van der Waals surface area contributed by atoms with Gasteiger partial charge in [-0.05, 0) is 51.4 Å². The molecule has 0 radical (unpaired) electrons. The van der Waals surface area contributed by atoms with Gasteiger partial charge in [-0.1, -0.05) is 6.92 Å². The van der Waals surface area contributed by atoms with Crippen molar-refractivity contribution < 1.29 is 0 Å². The highest BCUT2D eigenvalue weighted by Crippen LogP contribution is 2.15. The number of aromatic nitrogens is 4. The Morgan fingerprint density at radius 1 is 1.16 bits per heavy atom. The monoisotopic (exact) mass is 259 g/mol. The summed E-state index contributed by atoms with van der Waals surface area (Å²) in [5, 5.41) is 7.96. The zero-order valence-electron chi connectivity index (χ0n) is 11.8. The van der Waals surface area contributed by atoms with Crippen LogP contribution in [0.4, 0.5) is 0 Å². The van der Waals surface area contributed by atoms with Crippen LogP contribution in [0.15, 0.2) is 18.5 Å². The molecule has 0 amide bonds. The van der Waals surface area contributed by atoms with E-state index in [1.807, 2.05) is 17.7 Å². The van der Waals surface area contributed by atoms with Crippen LogP contribution in [0.5, 0.6) is 0 Å². The minimum atomic E-state index is 0.635. The number of hydrogen-bond donors (Lipinski definition) is 1. The van der Waals surface area contributed by atoms with Crippen molar-refractivity contribution in [2.24, 2.45) is 0 Å².